The molecule has 6 heteroatoms. The molecule has 0 fully saturated rings. The molecular weight excluding hydrogens is 349 g/mol. The van der Waals surface area contributed by atoms with Gasteiger partial charge in [-0.05, 0) is 51.4 Å². The van der Waals surface area contributed by atoms with Crippen LogP contribution in [0.5, 0.6) is 0 Å². The molecule has 0 aliphatic carbocycles. The lowest BCUT2D eigenvalue weighted by Crippen LogP contribution is -1.95. The highest BCUT2D eigenvalue weighted by atomic mass is 127. The van der Waals surface area contributed by atoms with Crippen LogP contribution >= 0.6 is 38.5 Å². The second-order valence-corrected chi connectivity index (χ2v) is 4.22. The quantitative estimate of drug-likeness (QED) is 0.330. The van der Waals surface area contributed by atoms with Crippen molar-refractivity contribution in [2.75, 3.05) is 0 Å². The molecule has 13 heavy (non-hydrogen) atoms. The van der Waals surface area contributed by atoms with Crippen LogP contribution < -0.4 is 0 Å². The topological polar surface area (TPSA) is 65.8 Å². The summed E-state index contributed by atoms with van der Waals surface area (Å²) >= 11 is 5.27. The van der Waals surface area contributed by atoms with Gasteiger partial charge in [-0.3, -0.25) is 4.79 Å². The van der Waals surface area contributed by atoms with Gasteiger partial charge in [0.1, 0.15) is 0 Å². The maximum absolute atomic E-state index is 11.2. The maximum atomic E-state index is 11.2. The molecular formula is C7H3BrIN3O. The highest BCUT2D eigenvalue weighted by Gasteiger charge is 2.07. The molecule has 0 unspecified atom stereocenters. The van der Waals surface area contributed by atoms with Crippen molar-refractivity contribution < 1.29 is 4.79 Å². The van der Waals surface area contributed by atoms with Gasteiger partial charge in [0, 0.05) is 18.5 Å². The SMILES string of the molecule is [N-]=[N+]=NC(=O)c1cc(I)ccc1Br. The molecule has 1 aromatic rings. The van der Waals surface area contributed by atoms with E-state index in [1.54, 1.807) is 12.1 Å². The van der Waals surface area contributed by atoms with Crippen molar-refractivity contribution in [2.45, 2.75) is 0 Å². The summed E-state index contributed by atoms with van der Waals surface area (Å²) in [4.78, 5) is 13.6. The molecule has 0 aliphatic rings. The van der Waals surface area contributed by atoms with Gasteiger partial charge in [-0.1, -0.05) is 15.9 Å². The van der Waals surface area contributed by atoms with Crippen LogP contribution in [0.4, 0.5) is 0 Å². The first-order chi connectivity index (χ1) is 6.15. The lowest BCUT2D eigenvalue weighted by atomic mass is 10.2. The molecule has 0 aromatic heterocycles. The third kappa shape index (κ3) is 2.68. The van der Waals surface area contributed by atoms with E-state index in [0.717, 1.165) is 3.57 Å². The average molecular weight is 352 g/mol. The van der Waals surface area contributed by atoms with Crippen molar-refractivity contribution in [3.63, 3.8) is 0 Å². The Morgan fingerprint density at radius 3 is 2.92 bits per heavy atom. The first kappa shape index (κ1) is 10.5. The summed E-state index contributed by atoms with van der Waals surface area (Å²) < 4.78 is 1.54. The predicted molar refractivity (Wildman–Crippen MR) is 60.3 cm³/mol. The van der Waals surface area contributed by atoms with Crippen molar-refractivity contribution in [3.05, 3.63) is 42.2 Å². The molecule has 4 nitrogen and oxygen atoms in total. The summed E-state index contributed by atoms with van der Waals surface area (Å²) in [7, 11) is 0. The minimum Gasteiger partial charge on any atom is -0.287 e. The number of azide groups is 1. The highest BCUT2D eigenvalue weighted by Crippen LogP contribution is 2.20. The van der Waals surface area contributed by atoms with Crippen molar-refractivity contribution in [1.29, 1.82) is 0 Å². The summed E-state index contributed by atoms with van der Waals surface area (Å²) in [5.41, 5.74) is 8.46. The number of rotatable bonds is 1. The normalized spacial score (nSPS) is 9.08. The van der Waals surface area contributed by atoms with E-state index in [4.69, 9.17) is 5.53 Å². The zero-order valence-corrected chi connectivity index (χ0v) is 9.98. The first-order valence-electron chi connectivity index (χ1n) is 3.19. The van der Waals surface area contributed by atoms with Crippen LogP contribution in [0, 0.1) is 3.57 Å². The van der Waals surface area contributed by atoms with Gasteiger partial charge < -0.3 is 0 Å². The zero-order valence-electron chi connectivity index (χ0n) is 6.24. The van der Waals surface area contributed by atoms with E-state index in [-0.39, 0.29) is 0 Å². The third-order valence-corrected chi connectivity index (χ3v) is 2.66. The molecule has 0 saturated heterocycles. The zero-order chi connectivity index (χ0) is 9.84. The summed E-state index contributed by atoms with van der Waals surface area (Å²) in [5, 5.41) is 3.01. The molecule has 0 heterocycles. The van der Waals surface area contributed by atoms with Crippen molar-refractivity contribution in [3.8, 4) is 0 Å². The summed E-state index contributed by atoms with van der Waals surface area (Å²) in [5.74, 6) is -0.576. The lowest BCUT2D eigenvalue weighted by Gasteiger charge is -1.98. The van der Waals surface area contributed by atoms with Gasteiger partial charge in [-0.25, -0.2) is 0 Å². The number of nitrogens with zero attached hydrogens (tertiary/aromatic N) is 3. The van der Waals surface area contributed by atoms with Gasteiger partial charge in [-0.2, -0.15) is 0 Å². The van der Waals surface area contributed by atoms with Gasteiger partial charge in [-0.15, -0.1) is 0 Å². The van der Waals surface area contributed by atoms with Crippen LogP contribution in [0.15, 0.2) is 27.8 Å². The van der Waals surface area contributed by atoms with Crippen LogP contribution in [0.25, 0.3) is 10.4 Å². The van der Waals surface area contributed by atoms with Crippen LogP contribution in [0.3, 0.4) is 0 Å². The number of amides is 1. The summed E-state index contributed by atoms with van der Waals surface area (Å²) in [6.07, 6.45) is 0. The number of hydrogen-bond donors (Lipinski definition) is 0. The smallest absolute Gasteiger partial charge is 0.250 e. The molecule has 0 spiro atoms. The fraction of sp³-hybridized carbons (Fsp3) is 0. The summed E-state index contributed by atoms with van der Waals surface area (Å²) in [6, 6.07) is 5.24. The molecule has 1 amide bonds. The number of carbonyl (C=O) groups excluding carboxylic acids is 1. The Labute approximate surface area is 96.2 Å². The number of halogens is 2. The third-order valence-electron chi connectivity index (χ3n) is 1.29. The van der Waals surface area contributed by atoms with E-state index in [1.165, 1.54) is 0 Å². The molecule has 0 bridgehead atoms. The average Bonchev–Trinajstić information content (AvgIpc) is 2.09. The number of hydrogen-bond acceptors (Lipinski definition) is 1. The van der Waals surface area contributed by atoms with Crippen LogP contribution in [-0.2, 0) is 0 Å². The molecule has 1 rings (SSSR count). The van der Waals surface area contributed by atoms with Crippen molar-refractivity contribution in [2.24, 2.45) is 5.11 Å². The monoisotopic (exact) mass is 351 g/mol. The molecule has 0 atom stereocenters. The van der Waals surface area contributed by atoms with E-state index >= 15 is 0 Å². The van der Waals surface area contributed by atoms with E-state index in [2.05, 4.69) is 48.5 Å². The fourth-order valence-corrected chi connectivity index (χ4v) is 1.66. The molecule has 66 valence electrons. The van der Waals surface area contributed by atoms with Crippen LogP contribution in [-0.4, -0.2) is 5.91 Å². The highest BCUT2D eigenvalue weighted by molar-refractivity contribution is 14.1. The number of carbonyl (C=O) groups is 1. The molecule has 0 radical (unpaired) electrons. The Kier molecular flexibility index (Phi) is 3.71. The molecule has 0 aliphatic heterocycles. The Hall–Kier alpha value is -0.590. The molecule has 0 saturated carbocycles. The van der Waals surface area contributed by atoms with Crippen LogP contribution in [0.2, 0.25) is 0 Å². The lowest BCUT2D eigenvalue weighted by molar-refractivity contribution is 0.0999. The van der Waals surface area contributed by atoms with Crippen molar-refractivity contribution in [1.82, 2.24) is 0 Å². The summed E-state index contributed by atoms with van der Waals surface area (Å²) in [6.45, 7) is 0. The van der Waals surface area contributed by atoms with Gasteiger partial charge in [0.05, 0.1) is 0 Å². The standard InChI is InChI=1S/C7H3BrIN3O/c8-6-2-1-4(9)3-5(6)7(13)11-12-10/h1-3H. The Morgan fingerprint density at radius 1 is 1.62 bits per heavy atom. The van der Waals surface area contributed by atoms with Gasteiger partial charge in [0.25, 0.3) is 0 Å². The second kappa shape index (κ2) is 4.59. The largest absolute Gasteiger partial charge is 0.287 e. The fourth-order valence-electron chi connectivity index (χ4n) is 0.756. The Bertz CT molecular complexity index is 401. The number of benzene rings is 1. The first-order valence-corrected chi connectivity index (χ1v) is 5.07. The maximum Gasteiger partial charge on any atom is 0.250 e. The predicted octanol–water partition coefficient (Wildman–Crippen LogP) is 3.50. The molecule has 0 N–H and O–H groups in total. The Balaban J connectivity index is 3.20. The Morgan fingerprint density at radius 2 is 2.31 bits per heavy atom. The van der Waals surface area contributed by atoms with E-state index in [9.17, 15) is 4.79 Å². The van der Waals surface area contributed by atoms with Crippen LogP contribution in [0.1, 0.15) is 10.4 Å². The van der Waals surface area contributed by atoms with E-state index < -0.39 is 5.91 Å². The van der Waals surface area contributed by atoms with E-state index in [0.29, 0.717) is 10.0 Å². The second-order valence-electron chi connectivity index (χ2n) is 2.12. The van der Waals surface area contributed by atoms with Gasteiger partial charge in [0.2, 0.25) is 5.91 Å². The van der Waals surface area contributed by atoms with E-state index in [1.807, 2.05) is 6.07 Å². The minimum atomic E-state index is -0.576. The molecule has 1 aromatic carbocycles. The van der Waals surface area contributed by atoms with Gasteiger partial charge >= 0.3 is 0 Å². The minimum absolute atomic E-state index is 0.379. The van der Waals surface area contributed by atoms with Crippen molar-refractivity contribution >= 4 is 44.4 Å². The van der Waals surface area contributed by atoms with Gasteiger partial charge in [0.15, 0.2) is 0 Å².